The van der Waals surface area contributed by atoms with Crippen LogP contribution in [0.2, 0.25) is 0 Å². The SMILES string of the molecule is O=C1N(OCc2ccccc2)C2CC[C@@H](C3=NO[C@@H](CO)C3)N1C2. The zero-order chi connectivity index (χ0) is 16.5. The van der Waals surface area contributed by atoms with E-state index in [9.17, 15) is 9.90 Å². The monoisotopic (exact) mass is 331 g/mol. The Balaban J connectivity index is 1.41. The van der Waals surface area contributed by atoms with Crippen LogP contribution in [0.5, 0.6) is 0 Å². The highest BCUT2D eigenvalue weighted by molar-refractivity contribution is 5.94. The molecule has 3 atom stereocenters. The Morgan fingerprint density at radius 1 is 1.29 bits per heavy atom. The van der Waals surface area contributed by atoms with Crippen LogP contribution in [0.25, 0.3) is 0 Å². The predicted octanol–water partition coefficient (Wildman–Crippen LogP) is 1.52. The number of hydrogen-bond donors (Lipinski definition) is 1. The molecule has 7 heteroatoms. The molecule has 0 aromatic heterocycles. The fraction of sp³-hybridized carbons (Fsp3) is 0.529. The molecule has 4 rings (SSSR count). The summed E-state index contributed by atoms with van der Waals surface area (Å²) in [4.78, 5) is 25.5. The van der Waals surface area contributed by atoms with Gasteiger partial charge in [-0.15, -0.1) is 0 Å². The van der Waals surface area contributed by atoms with Gasteiger partial charge >= 0.3 is 6.03 Å². The molecule has 1 N–H and O–H groups in total. The van der Waals surface area contributed by atoms with Crippen molar-refractivity contribution in [2.75, 3.05) is 13.2 Å². The molecule has 2 bridgehead atoms. The van der Waals surface area contributed by atoms with Gasteiger partial charge in [0.15, 0.2) is 6.10 Å². The number of nitrogens with zero attached hydrogens (tertiary/aromatic N) is 3. The second-order valence-corrected chi connectivity index (χ2v) is 6.46. The Bertz CT molecular complexity index is 636. The summed E-state index contributed by atoms with van der Waals surface area (Å²) in [5.41, 5.74) is 1.89. The third kappa shape index (κ3) is 2.74. The number of hydroxylamine groups is 2. The zero-order valence-corrected chi connectivity index (χ0v) is 13.4. The second-order valence-electron chi connectivity index (χ2n) is 6.46. The van der Waals surface area contributed by atoms with Gasteiger partial charge in [-0.25, -0.2) is 4.79 Å². The van der Waals surface area contributed by atoms with Gasteiger partial charge < -0.3 is 14.8 Å². The molecule has 3 aliphatic rings. The third-order valence-electron chi connectivity index (χ3n) is 4.88. The molecule has 0 radical (unpaired) electrons. The van der Waals surface area contributed by atoms with E-state index in [0.717, 1.165) is 24.1 Å². The Hall–Kier alpha value is -2.12. The molecule has 0 aliphatic carbocycles. The van der Waals surface area contributed by atoms with E-state index in [1.165, 1.54) is 5.06 Å². The van der Waals surface area contributed by atoms with Crippen molar-refractivity contribution < 1.29 is 19.6 Å². The van der Waals surface area contributed by atoms with Crippen LogP contribution in [0.3, 0.4) is 0 Å². The van der Waals surface area contributed by atoms with Crippen LogP contribution in [0.1, 0.15) is 24.8 Å². The Morgan fingerprint density at radius 2 is 2.12 bits per heavy atom. The van der Waals surface area contributed by atoms with Gasteiger partial charge in [-0.05, 0) is 18.4 Å². The van der Waals surface area contributed by atoms with E-state index in [1.54, 1.807) is 0 Å². The van der Waals surface area contributed by atoms with Gasteiger partial charge in [0.05, 0.1) is 24.4 Å². The second kappa shape index (κ2) is 6.41. The predicted molar refractivity (Wildman–Crippen MR) is 86.0 cm³/mol. The Kier molecular flexibility index (Phi) is 4.12. The number of hydrogen-bond acceptors (Lipinski definition) is 5. The summed E-state index contributed by atoms with van der Waals surface area (Å²) < 4.78 is 0. The van der Waals surface area contributed by atoms with E-state index >= 15 is 0 Å². The normalized spacial score (nSPS) is 29.0. The smallest absolute Gasteiger partial charge is 0.344 e. The standard InChI is InChI=1S/C17H21N3O4/c21-10-14-8-15(18-24-14)16-7-6-13-9-19(16)17(22)20(13)23-11-12-4-2-1-3-5-12/h1-5,13-14,16,21H,6-11H2/t13?,14-,16+/m1/s1. The quantitative estimate of drug-likeness (QED) is 0.888. The average molecular weight is 331 g/mol. The molecule has 24 heavy (non-hydrogen) atoms. The summed E-state index contributed by atoms with van der Waals surface area (Å²) in [7, 11) is 0. The van der Waals surface area contributed by atoms with Crippen LogP contribution in [-0.4, -0.2) is 58.2 Å². The van der Waals surface area contributed by atoms with Crippen LogP contribution in [0.15, 0.2) is 35.5 Å². The molecule has 3 aliphatic heterocycles. The van der Waals surface area contributed by atoms with Crippen molar-refractivity contribution in [2.45, 2.75) is 44.1 Å². The van der Waals surface area contributed by atoms with Crippen LogP contribution in [-0.2, 0) is 16.3 Å². The summed E-state index contributed by atoms with van der Waals surface area (Å²) >= 11 is 0. The van der Waals surface area contributed by atoms with Crippen LogP contribution in [0, 0.1) is 0 Å². The summed E-state index contributed by atoms with van der Waals surface area (Å²) in [6, 6.07) is 9.78. The van der Waals surface area contributed by atoms with Crippen molar-refractivity contribution >= 4 is 11.7 Å². The number of aliphatic hydroxyl groups excluding tert-OH is 1. The lowest BCUT2D eigenvalue weighted by atomic mass is 9.95. The van der Waals surface area contributed by atoms with E-state index in [2.05, 4.69) is 5.16 Å². The number of piperidine rings is 1. The molecule has 7 nitrogen and oxygen atoms in total. The first-order valence-corrected chi connectivity index (χ1v) is 8.36. The maximum absolute atomic E-state index is 12.7. The minimum atomic E-state index is -0.277. The van der Waals surface area contributed by atoms with Crippen molar-refractivity contribution in [3.8, 4) is 0 Å². The summed E-state index contributed by atoms with van der Waals surface area (Å²) in [5.74, 6) is 0. The van der Waals surface area contributed by atoms with Gasteiger partial charge in [0.2, 0.25) is 0 Å². The molecule has 0 spiro atoms. The number of fused-ring (bicyclic) bond motifs is 2. The average Bonchev–Trinajstić information content (AvgIpc) is 3.19. The van der Waals surface area contributed by atoms with Crippen LogP contribution in [0.4, 0.5) is 4.79 Å². The van der Waals surface area contributed by atoms with E-state index in [0.29, 0.717) is 19.6 Å². The topological polar surface area (TPSA) is 74.6 Å². The highest BCUT2D eigenvalue weighted by Gasteiger charge is 2.48. The first-order chi connectivity index (χ1) is 11.8. The molecule has 2 amide bonds. The van der Waals surface area contributed by atoms with Crippen molar-refractivity contribution in [3.63, 3.8) is 0 Å². The molecule has 0 saturated carbocycles. The lowest BCUT2D eigenvalue weighted by Gasteiger charge is -2.29. The molecule has 1 aromatic carbocycles. The summed E-state index contributed by atoms with van der Waals surface area (Å²) in [6.07, 6.45) is 2.04. The number of carbonyl (C=O) groups excluding carboxylic acids is 1. The number of urea groups is 1. The van der Waals surface area contributed by atoms with E-state index in [1.807, 2.05) is 35.2 Å². The molecule has 1 aromatic rings. The van der Waals surface area contributed by atoms with E-state index in [4.69, 9.17) is 9.68 Å². The number of oxime groups is 1. The van der Waals surface area contributed by atoms with Crippen molar-refractivity contribution in [3.05, 3.63) is 35.9 Å². The highest BCUT2D eigenvalue weighted by Crippen LogP contribution is 2.33. The maximum Gasteiger partial charge on any atom is 0.344 e. The first kappa shape index (κ1) is 15.4. The largest absolute Gasteiger partial charge is 0.392 e. The van der Waals surface area contributed by atoms with Gasteiger partial charge in [0, 0.05) is 13.0 Å². The van der Waals surface area contributed by atoms with Crippen molar-refractivity contribution in [1.29, 1.82) is 0 Å². The van der Waals surface area contributed by atoms with Crippen molar-refractivity contribution in [2.24, 2.45) is 5.16 Å². The number of aliphatic hydroxyl groups is 1. The Morgan fingerprint density at radius 3 is 2.88 bits per heavy atom. The summed E-state index contributed by atoms with van der Waals surface area (Å²) in [5, 5.41) is 14.8. The molecule has 3 heterocycles. The highest BCUT2D eigenvalue weighted by atomic mass is 16.7. The molecule has 1 unspecified atom stereocenters. The number of rotatable bonds is 5. The summed E-state index contributed by atoms with van der Waals surface area (Å²) in [6.45, 7) is 0.988. The lowest BCUT2D eigenvalue weighted by Crippen LogP contribution is -2.45. The fourth-order valence-corrected chi connectivity index (χ4v) is 3.61. The molecular formula is C17H21N3O4. The molecule has 128 valence electrons. The van der Waals surface area contributed by atoms with Gasteiger partial charge in [-0.3, -0.25) is 4.84 Å². The van der Waals surface area contributed by atoms with Gasteiger partial charge in [0.25, 0.3) is 0 Å². The number of benzene rings is 1. The number of carbonyl (C=O) groups is 1. The van der Waals surface area contributed by atoms with E-state index in [-0.39, 0.29) is 30.8 Å². The molecule has 2 saturated heterocycles. The third-order valence-corrected chi connectivity index (χ3v) is 4.88. The van der Waals surface area contributed by atoms with Gasteiger partial charge in [0.1, 0.15) is 6.61 Å². The Labute approximate surface area is 140 Å². The fourth-order valence-electron chi connectivity index (χ4n) is 3.61. The van der Waals surface area contributed by atoms with Crippen molar-refractivity contribution in [1.82, 2.24) is 9.96 Å². The minimum absolute atomic E-state index is 0.0457. The zero-order valence-electron chi connectivity index (χ0n) is 13.4. The first-order valence-electron chi connectivity index (χ1n) is 8.36. The lowest BCUT2D eigenvalue weighted by molar-refractivity contribution is -0.140. The van der Waals surface area contributed by atoms with Crippen LogP contribution >= 0.6 is 0 Å². The van der Waals surface area contributed by atoms with Gasteiger partial charge in [-0.2, -0.15) is 5.06 Å². The van der Waals surface area contributed by atoms with Crippen LogP contribution < -0.4 is 0 Å². The molecule has 2 fully saturated rings. The van der Waals surface area contributed by atoms with Gasteiger partial charge in [-0.1, -0.05) is 35.5 Å². The number of amides is 2. The maximum atomic E-state index is 12.7. The molecular weight excluding hydrogens is 310 g/mol. The van der Waals surface area contributed by atoms with E-state index < -0.39 is 0 Å². The minimum Gasteiger partial charge on any atom is -0.392 e.